The molecule has 6 heteroatoms. The van der Waals surface area contributed by atoms with E-state index in [0.717, 1.165) is 24.0 Å². The highest BCUT2D eigenvalue weighted by atomic mass is 32.2. The van der Waals surface area contributed by atoms with E-state index in [-0.39, 0.29) is 12.6 Å². The van der Waals surface area contributed by atoms with Crippen molar-refractivity contribution in [2.24, 2.45) is 0 Å². The van der Waals surface area contributed by atoms with E-state index in [9.17, 15) is 14.7 Å². The third-order valence-electron chi connectivity index (χ3n) is 3.47. The average Bonchev–Trinajstić information content (AvgIpc) is 2.47. The van der Waals surface area contributed by atoms with Crippen LogP contribution in [0, 0.1) is 0 Å². The zero-order chi connectivity index (χ0) is 15.8. The molecule has 0 aliphatic heterocycles. The number of aliphatic hydroxyl groups is 1. The summed E-state index contributed by atoms with van der Waals surface area (Å²) >= 11 is 1.42. The van der Waals surface area contributed by atoms with Gasteiger partial charge in [-0.05, 0) is 50.6 Å². The zero-order valence-electron chi connectivity index (χ0n) is 12.9. The van der Waals surface area contributed by atoms with Crippen LogP contribution in [0.1, 0.15) is 39.5 Å². The molecule has 1 atom stereocenters. The van der Waals surface area contributed by atoms with E-state index < -0.39 is 6.04 Å². The van der Waals surface area contributed by atoms with Crippen LogP contribution in [0.3, 0.4) is 0 Å². The number of nitrogens with zero attached hydrogens (tertiary/aromatic N) is 1. The van der Waals surface area contributed by atoms with E-state index in [1.807, 2.05) is 6.92 Å². The maximum Gasteiger partial charge on any atom is 0.238 e. The van der Waals surface area contributed by atoms with Crippen molar-refractivity contribution >= 4 is 24.1 Å². The quantitative estimate of drug-likeness (QED) is 0.407. The van der Waals surface area contributed by atoms with Crippen LogP contribution in [0.5, 0.6) is 0 Å². The summed E-state index contributed by atoms with van der Waals surface area (Å²) in [6.07, 6.45) is 5.56. The van der Waals surface area contributed by atoms with Crippen molar-refractivity contribution in [2.75, 3.05) is 13.8 Å². The average molecular weight is 312 g/mol. The fourth-order valence-electron chi connectivity index (χ4n) is 2.28. The smallest absolute Gasteiger partial charge is 0.238 e. The molecule has 5 nitrogen and oxygen atoms in total. The van der Waals surface area contributed by atoms with Crippen LogP contribution in [0.25, 0.3) is 0 Å². The molecule has 0 aromatic carbocycles. The maximum absolute atomic E-state index is 12.0. The van der Waals surface area contributed by atoms with Crippen LogP contribution in [-0.2, 0) is 9.59 Å². The molecule has 21 heavy (non-hydrogen) atoms. The predicted molar refractivity (Wildman–Crippen MR) is 85.4 cm³/mol. The van der Waals surface area contributed by atoms with Gasteiger partial charge in [-0.25, -0.2) is 4.31 Å². The summed E-state index contributed by atoms with van der Waals surface area (Å²) in [4.78, 5) is 23.7. The number of aldehydes is 1. The molecule has 0 aromatic heterocycles. The summed E-state index contributed by atoms with van der Waals surface area (Å²) in [5.74, 6) is -0.181. The molecule has 0 saturated heterocycles. The van der Waals surface area contributed by atoms with Gasteiger partial charge in [0.2, 0.25) is 5.91 Å². The van der Waals surface area contributed by atoms with E-state index in [2.05, 4.69) is 18.3 Å². The van der Waals surface area contributed by atoms with Gasteiger partial charge in [-0.1, -0.05) is 11.6 Å². The molecule has 1 rings (SSSR count). The second-order valence-electron chi connectivity index (χ2n) is 5.12. The highest BCUT2D eigenvalue weighted by molar-refractivity contribution is 8.00. The zero-order valence-corrected chi connectivity index (χ0v) is 13.7. The molecule has 1 aliphatic rings. The van der Waals surface area contributed by atoms with Gasteiger partial charge in [-0.3, -0.25) is 4.79 Å². The Bertz CT molecular complexity index is 446. The lowest BCUT2D eigenvalue weighted by atomic mass is 10.0. The minimum Gasteiger partial charge on any atom is -0.380 e. The van der Waals surface area contributed by atoms with Gasteiger partial charge in [0.05, 0.1) is 0 Å². The molecule has 0 saturated carbocycles. The molecule has 0 radical (unpaired) electrons. The predicted octanol–water partition coefficient (Wildman–Crippen LogP) is 1.99. The van der Waals surface area contributed by atoms with Gasteiger partial charge in [0.25, 0.3) is 0 Å². The second kappa shape index (κ2) is 9.02. The number of rotatable bonds is 8. The van der Waals surface area contributed by atoms with Crippen molar-refractivity contribution in [3.63, 3.8) is 0 Å². The van der Waals surface area contributed by atoms with E-state index in [1.165, 1.54) is 23.1 Å². The van der Waals surface area contributed by atoms with E-state index in [0.29, 0.717) is 12.8 Å². The minimum atomic E-state index is -0.512. The first-order valence-corrected chi connectivity index (χ1v) is 7.88. The Morgan fingerprint density at radius 3 is 2.76 bits per heavy atom. The van der Waals surface area contributed by atoms with Gasteiger partial charge in [0, 0.05) is 18.4 Å². The van der Waals surface area contributed by atoms with Crippen molar-refractivity contribution in [2.45, 2.75) is 45.6 Å². The highest BCUT2D eigenvalue weighted by Gasteiger charge is 2.26. The molecule has 0 heterocycles. The normalized spacial score (nSPS) is 16.7. The van der Waals surface area contributed by atoms with Crippen LogP contribution >= 0.6 is 11.9 Å². The van der Waals surface area contributed by atoms with Gasteiger partial charge in [0.15, 0.2) is 0 Å². The SMILES string of the molecule is CNC(=O)C(CCC=O)N(CO)SC1=C(C)C=C(C)CC1. The Morgan fingerprint density at radius 2 is 2.24 bits per heavy atom. The first kappa shape index (κ1) is 17.9. The Balaban J connectivity index is 2.85. The van der Waals surface area contributed by atoms with Gasteiger partial charge >= 0.3 is 0 Å². The molecule has 1 aliphatic carbocycles. The molecule has 2 N–H and O–H groups in total. The molecule has 0 aromatic rings. The van der Waals surface area contributed by atoms with Crippen LogP contribution < -0.4 is 5.32 Å². The molecule has 0 bridgehead atoms. The first-order valence-electron chi connectivity index (χ1n) is 7.11. The molecule has 0 spiro atoms. The molecule has 0 fully saturated rings. The first-order chi connectivity index (χ1) is 10.0. The highest BCUT2D eigenvalue weighted by Crippen LogP contribution is 2.35. The van der Waals surface area contributed by atoms with Crippen LogP contribution in [-0.4, -0.2) is 41.4 Å². The summed E-state index contributed by atoms with van der Waals surface area (Å²) < 4.78 is 1.65. The standard InChI is InChI=1S/C15H24N2O3S/c1-11-6-7-14(12(2)9-11)21-17(10-19)13(5-4-8-18)15(20)16-3/h8-9,13,19H,4-7,10H2,1-3H3,(H,16,20). The summed E-state index contributed by atoms with van der Waals surface area (Å²) in [5, 5.41) is 12.2. The van der Waals surface area contributed by atoms with Crippen molar-refractivity contribution in [3.8, 4) is 0 Å². The molecular formula is C15H24N2O3S. The Labute approximate surface area is 130 Å². The third-order valence-corrected chi connectivity index (χ3v) is 4.82. The Kier molecular flexibility index (Phi) is 7.71. The third kappa shape index (κ3) is 5.30. The van der Waals surface area contributed by atoms with Gasteiger partial charge in [-0.2, -0.15) is 0 Å². The van der Waals surface area contributed by atoms with Crippen molar-refractivity contribution in [1.29, 1.82) is 0 Å². The number of nitrogens with one attached hydrogen (secondary N) is 1. The van der Waals surface area contributed by atoms with Gasteiger partial charge in [0.1, 0.15) is 19.1 Å². The van der Waals surface area contributed by atoms with Crippen molar-refractivity contribution in [1.82, 2.24) is 9.62 Å². The van der Waals surface area contributed by atoms with Crippen LogP contribution in [0.15, 0.2) is 22.1 Å². The molecule has 1 unspecified atom stereocenters. The lowest BCUT2D eigenvalue weighted by Crippen LogP contribution is -2.43. The fraction of sp³-hybridized carbons (Fsp3) is 0.600. The van der Waals surface area contributed by atoms with Gasteiger partial charge < -0.3 is 15.2 Å². The number of carbonyl (C=O) groups excluding carboxylic acids is 2. The molecule has 1 amide bonds. The monoisotopic (exact) mass is 312 g/mol. The summed E-state index contributed by atoms with van der Waals surface area (Å²) in [6, 6.07) is -0.512. The number of likely N-dealkylation sites (N-methyl/N-ethyl adjacent to an activating group) is 1. The van der Waals surface area contributed by atoms with E-state index >= 15 is 0 Å². The summed E-state index contributed by atoms with van der Waals surface area (Å²) in [6.45, 7) is 3.91. The van der Waals surface area contributed by atoms with E-state index in [1.54, 1.807) is 11.4 Å². The van der Waals surface area contributed by atoms with Crippen LogP contribution in [0.2, 0.25) is 0 Å². The number of hydrogen-bond acceptors (Lipinski definition) is 5. The minimum absolute atomic E-state index is 0.181. The number of hydrogen-bond donors (Lipinski definition) is 2. The van der Waals surface area contributed by atoms with Crippen molar-refractivity contribution < 1.29 is 14.7 Å². The number of allylic oxidation sites excluding steroid dienone is 4. The topological polar surface area (TPSA) is 69.6 Å². The lowest BCUT2D eigenvalue weighted by molar-refractivity contribution is -0.125. The summed E-state index contributed by atoms with van der Waals surface area (Å²) in [7, 11) is 1.56. The summed E-state index contributed by atoms with van der Waals surface area (Å²) in [5.41, 5.74) is 2.52. The maximum atomic E-state index is 12.0. The number of carbonyl (C=O) groups is 2. The Morgan fingerprint density at radius 1 is 1.52 bits per heavy atom. The van der Waals surface area contributed by atoms with E-state index in [4.69, 9.17) is 0 Å². The van der Waals surface area contributed by atoms with Crippen molar-refractivity contribution in [3.05, 3.63) is 22.1 Å². The lowest BCUT2D eigenvalue weighted by Gasteiger charge is -2.29. The Hall–Kier alpha value is -1.11. The molecule has 118 valence electrons. The second-order valence-corrected chi connectivity index (χ2v) is 6.27. The van der Waals surface area contributed by atoms with Crippen LogP contribution in [0.4, 0.5) is 0 Å². The fourth-order valence-corrected chi connectivity index (χ4v) is 3.34. The van der Waals surface area contributed by atoms with Gasteiger partial charge in [-0.15, -0.1) is 0 Å². The number of amides is 1. The largest absolute Gasteiger partial charge is 0.380 e. The molecular weight excluding hydrogens is 288 g/mol. The number of aliphatic hydroxyl groups excluding tert-OH is 1.